The van der Waals surface area contributed by atoms with Gasteiger partial charge in [0.1, 0.15) is 0 Å². The molecule has 0 saturated carbocycles. The monoisotopic (exact) mass is 305 g/mol. The standard InChI is InChI=1S/C10H9Cl2N3O2S/c1-6-2-3-7(11)10(9(6)12)15-18(16,17)8-4-13-5-14-8/h2-5,15H,1H3,(H,13,14). The fourth-order valence-electron chi connectivity index (χ4n) is 1.33. The van der Waals surface area contributed by atoms with Crippen molar-refractivity contribution in [2.45, 2.75) is 11.9 Å². The quantitative estimate of drug-likeness (QED) is 0.915. The maximum absolute atomic E-state index is 12.0. The summed E-state index contributed by atoms with van der Waals surface area (Å²) < 4.78 is 26.3. The minimum atomic E-state index is -3.77. The third-order valence-electron chi connectivity index (χ3n) is 2.28. The molecule has 0 spiro atoms. The molecule has 0 radical (unpaired) electrons. The fourth-order valence-corrected chi connectivity index (χ4v) is 2.91. The second-order valence-corrected chi connectivity index (χ2v) is 6.01. The number of aromatic nitrogens is 2. The zero-order valence-corrected chi connectivity index (χ0v) is 11.6. The SMILES string of the molecule is Cc1ccc(Cl)c(NS(=O)(=O)c2cnc[nH]2)c1Cl. The first-order valence-corrected chi connectivity index (χ1v) is 7.11. The number of nitrogens with zero attached hydrogens (tertiary/aromatic N) is 1. The largest absolute Gasteiger partial charge is 0.334 e. The van der Waals surface area contributed by atoms with E-state index in [4.69, 9.17) is 23.2 Å². The number of rotatable bonds is 3. The van der Waals surface area contributed by atoms with E-state index in [9.17, 15) is 8.42 Å². The molecular formula is C10H9Cl2N3O2S. The lowest BCUT2D eigenvalue weighted by molar-refractivity contribution is 0.598. The molecule has 2 N–H and O–H groups in total. The van der Waals surface area contributed by atoms with Crippen molar-refractivity contribution in [1.82, 2.24) is 9.97 Å². The summed E-state index contributed by atoms with van der Waals surface area (Å²) in [5.74, 6) is 0. The van der Waals surface area contributed by atoms with E-state index in [1.165, 1.54) is 12.5 Å². The molecule has 8 heteroatoms. The number of anilines is 1. The normalized spacial score (nSPS) is 11.5. The molecule has 0 fully saturated rings. The molecule has 1 aromatic heterocycles. The van der Waals surface area contributed by atoms with Gasteiger partial charge in [-0.1, -0.05) is 29.3 Å². The van der Waals surface area contributed by atoms with E-state index in [0.717, 1.165) is 5.56 Å². The molecular weight excluding hydrogens is 297 g/mol. The molecule has 1 aromatic carbocycles. The van der Waals surface area contributed by atoms with Crippen molar-refractivity contribution < 1.29 is 8.42 Å². The number of halogens is 2. The van der Waals surface area contributed by atoms with Crippen LogP contribution >= 0.6 is 23.2 Å². The smallest absolute Gasteiger partial charge is 0.279 e. The van der Waals surface area contributed by atoms with Crippen LogP contribution in [0.5, 0.6) is 0 Å². The minimum absolute atomic E-state index is 0.0591. The van der Waals surface area contributed by atoms with E-state index < -0.39 is 10.0 Å². The van der Waals surface area contributed by atoms with Crippen molar-refractivity contribution in [3.8, 4) is 0 Å². The number of H-pyrrole nitrogens is 1. The van der Waals surface area contributed by atoms with E-state index >= 15 is 0 Å². The van der Waals surface area contributed by atoms with Crippen LogP contribution in [-0.2, 0) is 10.0 Å². The van der Waals surface area contributed by atoms with E-state index in [-0.39, 0.29) is 20.8 Å². The molecule has 0 atom stereocenters. The Morgan fingerprint density at radius 2 is 2.06 bits per heavy atom. The van der Waals surface area contributed by atoms with Gasteiger partial charge in [0.05, 0.1) is 28.3 Å². The number of hydrogen-bond donors (Lipinski definition) is 2. The van der Waals surface area contributed by atoms with Crippen LogP contribution in [0.1, 0.15) is 5.56 Å². The minimum Gasteiger partial charge on any atom is -0.334 e. The number of imidazole rings is 1. The van der Waals surface area contributed by atoms with Crippen molar-refractivity contribution in [1.29, 1.82) is 0 Å². The van der Waals surface area contributed by atoms with Crippen molar-refractivity contribution in [3.05, 3.63) is 40.3 Å². The van der Waals surface area contributed by atoms with Crippen LogP contribution in [0, 0.1) is 6.92 Å². The predicted octanol–water partition coefficient (Wildman–Crippen LogP) is 2.83. The number of hydrogen-bond acceptors (Lipinski definition) is 3. The molecule has 0 bridgehead atoms. The number of nitrogens with one attached hydrogen (secondary N) is 2. The molecule has 0 unspecified atom stereocenters. The van der Waals surface area contributed by atoms with Gasteiger partial charge >= 0.3 is 0 Å². The van der Waals surface area contributed by atoms with Crippen molar-refractivity contribution in [2.24, 2.45) is 0 Å². The summed E-state index contributed by atoms with van der Waals surface area (Å²) >= 11 is 12.0. The molecule has 18 heavy (non-hydrogen) atoms. The van der Waals surface area contributed by atoms with Gasteiger partial charge in [0.25, 0.3) is 10.0 Å². The summed E-state index contributed by atoms with van der Waals surface area (Å²) in [5, 5.41) is 0.440. The topological polar surface area (TPSA) is 74.8 Å². The van der Waals surface area contributed by atoms with Gasteiger partial charge in [0.15, 0.2) is 5.03 Å². The summed E-state index contributed by atoms with van der Waals surface area (Å²) in [6, 6.07) is 3.28. The molecule has 0 aliphatic carbocycles. The van der Waals surface area contributed by atoms with Crippen LogP contribution in [0.3, 0.4) is 0 Å². The third kappa shape index (κ3) is 2.45. The Bertz CT molecular complexity index is 669. The Hall–Kier alpha value is -1.24. The summed E-state index contributed by atoms with van der Waals surface area (Å²) in [6.45, 7) is 1.76. The number of aryl methyl sites for hydroxylation is 1. The second kappa shape index (κ2) is 4.79. The molecule has 0 amide bonds. The highest BCUT2D eigenvalue weighted by Crippen LogP contribution is 2.34. The van der Waals surface area contributed by atoms with Gasteiger partial charge in [0.2, 0.25) is 0 Å². The van der Waals surface area contributed by atoms with Gasteiger partial charge in [-0.05, 0) is 18.6 Å². The highest BCUT2D eigenvalue weighted by Gasteiger charge is 2.19. The fraction of sp³-hybridized carbons (Fsp3) is 0.100. The van der Waals surface area contributed by atoms with E-state index in [1.54, 1.807) is 19.1 Å². The molecule has 2 rings (SSSR count). The van der Waals surface area contributed by atoms with Crippen molar-refractivity contribution in [2.75, 3.05) is 4.72 Å². The number of benzene rings is 1. The van der Waals surface area contributed by atoms with Crippen molar-refractivity contribution >= 4 is 38.9 Å². The summed E-state index contributed by atoms with van der Waals surface area (Å²) in [7, 11) is -3.77. The Balaban J connectivity index is 2.45. The average Bonchev–Trinajstić information content (AvgIpc) is 2.84. The summed E-state index contributed by atoms with van der Waals surface area (Å²) in [6.07, 6.45) is 2.47. The zero-order chi connectivity index (χ0) is 13.3. The molecule has 1 heterocycles. The molecule has 0 aliphatic rings. The Morgan fingerprint density at radius 3 is 2.67 bits per heavy atom. The van der Waals surface area contributed by atoms with Crippen LogP contribution in [0.15, 0.2) is 29.7 Å². The third-order valence-corrected chi connectivity index (χ3v) is 4.36. The Morgan fingerprint density at radius 1 is 1.33 bits per heavy atom. The second-order valence-electron chi connectivity index (χ2n) is 3.57. The summed E-state index contributed by atoms with van der Waals surface area (Å²) in [5.41, 5.74) is 0.885. The van der Waals surface area contributed by atoms with Gasteiger partial charge in [0, 0.05) is 0 Å². The highest BCUT2D eigenvalue weighted by molar-refractivity contribution is 7.92. The van der Waals surface area contributed by atoms with Gasteiger partial charge in [-0.15, -0.1) is 0 Å². The van der Waals surface area contributed by atoms with E-state index in [2.05, 4.69) is 14.7 Å². The highest BCUT2D eigenvalue weighted by atomic mass is 35.5. The lowest BCUT2D eigenvalue weighted by atomic mass is 10.2. The van der Waals surface area contributed by atoms with Gasteiger partial charge in [-0.25, -0.2) is 4.98 Å². The lowest BCUT2D eigenvalue weighted by Crippen LogP contribution is -2.14. The maximum atomic E-state index is 12.0. The number of aromatic amines is 1. The average molecular weight is 306 g/mol. The molecule has 0 saturated heterocycles. The molecule has 5 nitrogen and oxygen atoms in total. The van der Waals surface area contributed by atoms with Crippen LogP contribution in [0.25, 0.3) is 0 Å². The first-order chi connectivity index (χ1) is 8.42. The van der Waals surface area contributed by atoms with Gasteiger partial charge < -0.3 is 4.98 Å². The Labute approximate surface area is 114 Å². The first kappa shape index (κ1) is 13.2. The van der Waals surface area contributed by atoms with Crippen LogP contribution in [0.4, 0.5) is 5.69 Å². The van der Waals surface area contributed by atoms with Crippen molar-refractivity contribution in [3.63, 3.8) is 0 Å². The lowest BCUT2D eigenvalue weighted by Gasteiger charge is -2.11. The van der Waals surface area contributed by atoms with Gasteiger partial charge in [-0.2, -0.15) is 8.42 Å². The first-order valence-electron chi connectivity index (χ1n) is 4.87. The van der Waals surface area contributed by atoms with Crippen LogP contribution in [-0.4, -0.2) is 18.4 Å². The molecule has 2 aromatic rings. The maximum Gasteiger partial charge on any atom is 0.279 e. The predicted molar refractivity (Wildman–Crippen MR) is 70.6 cm³/mol. The summed E-state index contributed by atoms with van der Waals surface area (Å²) in [4.78, 5) is 6.16. The van der Waals surface area contributed by atoms with E-state index in [1.807, 2.05) is 0 Å². The van der Waals surface area contributed by atoms with Gasteiger partial charge in [-0.3, -0.25) is 4.72 Å². The molecule has 96 valence electrons. The van der Waals surface area contributed by atoms with E-state index in [0.29, 0.717) is 0 Å². The zero-order valence-electron chi connectivity index (χ0n) is 9.24. The van der Waals surface area contributed by atoms with Crippen LogP contribution < -0.4 is 4.72 Å². The van der Waals surface area contributed by atoms with Crippen LogP contribution in [0.2, 0.25) is 10.0 Å². The Kier molecular flexibility index (Phi) is 3.52. The number of sulfonamides is 1. The molecule has 0 aliphatic heterocycles.